The van der Waals surface area contributed by atoms with Crippen LogP contribution in [-0.2, 0) is 9.53 Å². The summed E-state index contributed by atoms with van der Waals surface area (Å²) in [7, 11) is 0. The summed E-state index contributed by atoms with van der Waals surface area (Å²) in [6, 6.07) is 0. The van der Waals surface area contributed by atoms with Crippen molar-refractivity contribution in [3.63, 3.8) is 0 Å². The molecule has 1 amide bonds. The van der Waals surface area contributed by atoms with Crippen LogP contribution in [0.3, 0.4) is 0 Å². The molecule has 5 heteroatoms. The third-order valence-electron chi connectivity index (χ3n) is 4.36. The van der Waals surface area contributed by atoms with Crippen molar-refractivity contribution in [1.29, 1.82) is 0 Å². The molecule has 2 aliphatic rings. The Morgan fingerprint density at radius 1 is 1.32 bits per heavy atom. The lowest BCUT2D eigenvalue weighted by molar-refractivity contribution is -0.126. The lowest BCUT2D eigenvalue weighted by Crippen LogP contribution is -2.57. The number of thiocarbonyl (C=S) groups is 1. The molecule has 0 radical (unpaired) electrons. The van der Waals surface area contributed by atoms with E-state index in [0.29, 0.717) is 11.6 Å². The Morgan fingerprint density at radius 2 is 1.95 bits per heavy atom. The molecule has 0 aromatic carbocycles. The SMILES string of the molecule is CC1CC(C(=O)NC2(C(N)=S)CCCCCC2)CO1. The summed E-state index contributed by atoms with van der Waals surface area (Å²) < 4.78 is 5.47. The summed E-state index contributed by atoms with van der Waals surface area (Å²) in [6.07, 6.45) is 7.26. The molecule has 2 fully saturated rings. The molecule has 2 atom stereocenters. The van der Waals surface area contributed by atoms with Gasteiger partial charge < -0.3 is 15.8 Å². The first-order valence-electron chi connectivity index (χ1n) is 7.27. The number of hydrogen-bond acceptors (Lipinski definition) is 3. The lowest BCUT2D eigenvalue weighted by Gasteiger charge is -2.33. The number of nitrogens with one attached hydrogen (secondary N) is 1. The average Bonchev–Trinajstić information content (AvgIpc) is 2.65. The van der Waals surface area contributed by atoms with Crippen molar-refractivity contribution in [3.8, 4) is 0 Å². The monoisotopic (exact) mass is 284 g/mol. The third-order valence-corrected chi connectivity index (χ3v) is 4.75. The van der Waals surface area contributed by atoms with Crippen molar-refractivity contribution < 1.29 is 9.53 Å². The summed E-state index contributed by atoms with van der Waals surface area (Å²) in [5, 5.41) is 3.15. The van der Waals surface area contributed by atoms with Gasteiger partial charge in [-0.05, 0) is 26.2 Å². The highest BCUT2D eigenvalue weighted by atomic mass is 32.1. The van der Waals surface area contributed by atoms with Crippen molar-refractivity contribution in [1.82, 2.24) is 5.32 Å². The molecule has 0 bridgehead atoms. The number of amides is 1. The second kappa shape index (κ2) is 6.18. The van der Waals surface area contributed by atoms with E-state index in [1.165, 1.54) is 12.8 Å². The summed E-state index contributed by atoms with van der Waals surface area (Å²) in [5.41, 5.74) is 5.47. The minimum absolute atomic E-state index is 0.0514. The Hall–Kier alpha value is -0.680. The van der Waals surface area contributed by atoms with Crippen LogP contribution in [0.25, 0.3) is 0 Å². The van der Waals surface area contributed by atoms with Gasteiger partial charge in [0, 0.05) is 0 Å². The van der Waals surface area contributed by atoms with Crippen LogP contribution in [0, 0.1) is 5.92 Å². The van der Waals surface area contributed by atoms with Crippen LogP contribution in [0.1, 0.15) is 51.9 Å². The molecule has 0 spiro atoms. The molecule has 4 nitrogen and oxygen atoms in total. The highest BCUT2D eigenvalue weighted by Gasteiger charge is 2.38. The topological polar surface area (TPSA) is 64.4 Å². The fourth-order valence-electron chi connectivity index (χ4n) is 3.10. The standard InChI is InChI=1S/C14H24N2O2S/c1-10-8-11(9-18-10)12(17)16-14(13(15)19)6-4-2-3-5-7-14/h10-11H,2-9H2,1H3,(H2,15,19)(H,16,17). The molecule has 3 N–H and O–H groups in total. The van der Waals surface area contributed by atoms with Gasteiger partial charge in [0.25, 0.3) is 0 Å². The van der Waals surface area contributed by atoms with Gasteiger partial charge in [0.15, 0.2) is 0 Å². The molecule has 0 aromatic rings. The fraction of sp³-hybridized carbons (Fsp3) is 0.857. The Balaban J connectivity index is 2.03. The van der Waals surface area contributed by atoms with Crippen LogP contribution in [-0.4, -0.2) is 29.1 Å². The zero-order valence-electron chi connectivity index (χ0n) is 11.6. The van der Waals surface area contributed by atoms with E-state index in [9.17, 15) is 4.79 Å². The quantitative estimate of drug-likeness (QED) is 0.614. The van der Waals surface area contributed by atoms with Gasteiger partial charge in [0.1, 0.15) is 0 Å². The van der Waals surface area contributed by atoms with Gasteiger partial charge in [-0.1, -0.05) is 37.9 Å². The second-order valence-corrected chi connectivity index (χ2v) is 6.37. The van der Waals surface area contributed by atoms with E-state index >= 15 is 0 Å². The molecule has 0 aromatic heterocycles. The van der Waals surface area contributed by atoms with E-state index in [0.717, 1.165) is 32.1 Å². The number of carbonyl (C=O) groups is 1. The molecule has 1 saturated heterocycles. The lowest BCUT2D eigenvalue weighted by atomic mass is 9.89. The molecular weight excluding hydrogens is 260 g/mol. The molecule has 1 aliphatic heterocycles. The number of nitrogens with two attached hydrogens (primary N) is 1. The van der Waals surface area contributed by atoms with Crippen LogP contribution in [0.5, 0.6) is 0 Å². The third kappa shape index (κ3) is 3.45. The number of rotatable bonds is 3. The van der Waals surface area contributed by atoms with Crippen molar-refractivity contribution in [2.75, 3.05) is 6.61 Å². The van der Waals surface area contributed by atoms with Crippen molar-refractivity contribution in [2.24, 2.45) is 11.7 Å². The van der Waals surface area contributed by atoms with Crippen LogP contribution in [0.4, 0.5) is 0 Å². The largest absolute Gasteiger partial charge is 0.391 e. The van der Waals surface area contributed by atoms with E-state index in [1.807, 2.05) is 6.92 Å². The Morgan fingerprint density at radius 3 is 2.42 bits per heavy atom. The normalized spacial score (nSPS) is 30.6. The van der Waals surface area contributed by atoms with Crippen molar-refractivity contribution >= 4 is 23.1 Å². The maximum atomic E-state index is 12.4. The highest BCUT2D eigenvalue weighted by Crippen LogP contribution is 2.29. The first kappa shape index (κ1) is 14.7. The average molecular weight is 284 g/mol. The molecule has 108 valence electrons. The Labute approximate surface area is 120 Å². The van der Waals surface area contributed by atoms with Crippen LogP contribution in [0.2, 0.25) is 0 Å². The molecule has 2 rings (SSSR count). The molecule has 2 unspecified atom stereocenters. The molecule has 1 saturated carbocycles. The van der Waals surface area contributed by atoms with Crippen LogP contribution < -0.4 is 11.1 Å². The first-order valence-corrected chi connectivity index (χ1v) is 7.68. The van der Waals surface area contributed by atoms with Gasteiger partial charge in [0.2, 0.25) is 5.91 Å². The predicted molar refractivity (Wildman–Crippen MR) is 78.9 cm³/mol. The summed E-state index contributed by atoms with van der Waals surface area (Å²) in [4.78, 5) is 12.8. The van der Waals surface area contributed by atoms with Gasteiger partial charge in [-0.2, -0.15) is 0 Å². The van der Waals surface area contributed by atoms with Gasteiger partial charge in [0.05, 0.1) is 29.2 Å². The van der Waals surface area contributed by atoms with E-state index in [-0.39, 0.29) is 17.9 Å². The number of carbonyl (C=O) groups excluding carboxylic acids is 1. The molecule has 1 aliphatic carbocycles. The number of hydrogen-bond donors (Lipinski definition) is 2. The van der Waals surface area contributed by atoms with Crippen molar-refractivity contribution in [2.45, 2.75) is 63.5 Å². The molecule has 19 heavy (non-hydrogen) atoms. The summed E-state index contributed by atoms with van der Waals surface area (Å²) >= 11 is 5.24. The van der Waals surface area contributed by atoms with E-state index < -0.39 is 5.54 Å². The molecular formula is C14H24N2O2S. The van der Waals surface area contributed by atoms with Crippen LogP contribution in [0.15, 0.2) is 0 Å². The minimum atomic E-state index is -0.464. The zero-order chi connectivity index (χ0) is 13.9. The predicted octanol–water partition coefficient (Wildman–Crippen LogP) is 1.91. The second-order valence-electron chi connectivity index (χ2n) is 5.93. The highest BCUT2D eigenvalue weighted by molar-refractivity contribution is 7.80. The maximum Gasteiger partial charge on any atom is 0.226 e. The molecule has 1 heterocycles. The minimum Gasteiger partial charge on any atom is -0.391 e. The Bertz CT molecular complexity index is 351. The smallest absolute Gasteiger partial charge is 0.226 e. The first-order chi connectivity index (χ1) is 9.03. The Kier molecular flexibility index (Phi) is 4.79. The van der Waals surface area contributed by atoms with Crippen LogP contribution >= 0.6 is 12.2 Å². The van der Waals surface area contributed by atoms with E-state index in [1.54, 1.807) is 0 Å². The van der Waals surface area contributed by atoms with E-state index in [4.69, 9.17) is 22.7 Å². The maximum absolute atomic E-state index is 12.4. The van der Waals surface area contributed by atoms with Gasteiger partial charge in [-0.3, -0.25) is 4.79 Å². The van der Waals surface area contributed by atoms with Gasteiger partial charge in [-0.15, -0.1) is 0 Å². The van der Waals surface area contributed by atoms with Crippen molar-refractivity contribution in [3.05, 3.63) is 0 Å². The van der Waals surface area contributed by atoms with Gasteiger partial charge >= 0.3 is 0 Å². The zero-order valence-corrected chi connectivity index (χ0v) is 12.4. The number of ether oxygens (including phenoxy) is 1. The fourth-order valence-corrected chi connectivity index (χ4v) is 3.36. The summed E-state index contributed by atoms with van der Waals surface area (Å²) in [6.45, 7) is 2.52. The van der Waals surface area contributed by atoms with E-state index in [2.05, 4.69) is 5.32 Å². The summed E-state index contributed by atoms with van der Waals surface area (Å²) in [5.74, 6) is 0.00327. The van der Waals surface area contributed by atoms with Gasteiger partial charge in [-0.25, -0.2) is 0 Å².